The monoisotopic (exact) mass is 291 g/mol. The summed E-state index contributed by atoms with van der Waals surface area (Å²) < 4.78 is 0. The molecule has 1 aromatic rings. The predicted molar refractivity (Wildman–Crippen MR) is 81.8 cm³/mol. The number of nitrogens with one attached hydrogen (secondary N) is 1. The molecule has 0 radical (unpaired) electrons. The van der Waals surface area contributed by atoms with E-state index >= 15 is 0 Å². The number of rotatable bonds is 6. The number of amides is 1. The van der Waals surface area contributed by atoms with Crippen LogP contribution >= 0.6 is 0 Å². The molecule has 6 nitrogen and oxygen atoms in total. The molecule has 1 fully saturated rings. The first-order valence-corrected chi connectivity index (χ1v) is 7.73. The molecule has 1 amide bonds. The van der Waals surface area contributed by atoms with Crippen LogP contribution in [0.25, 0.3) is 0 Å². The third-order valence-electron chi connectivity index (χ3n) is 3.67. The maximum Gasteiger partial charge on any atom is 0.234 e. The van der Waals surface area contributed by atoms with Gasteiger partial charge in [0.05, 0.1) is 12.2 Å². The van der Waals surface area contributed by atoms with Crippen LogP contribution in [0.4, 0.5) is 0 Å². The molecule has 0 aromatic carbocycles. The van der Waals surface area contributed by atoms with Gasteiger partial charge in [-0.1, -0.05) is 6.92 Å². The number of aromatic nitrogens is 2. The summed E-state index contributed by atoms with van der Waals surface area (Å²) in [5, 5.41) is 2.85. The highest BCUT2D eigenvalue weighted by atomic mass is 16.2. The Morgan fingerprint density at radius 2 is 1.95 bits per heavy atom. The van der Waals surface area contributed by atoms with Gasteiger partial charge < -0.3 is 5.32 Å². The number of piperazine rings is 1. The minimum atomic E-state index is 0.120. The number of aryl methyl sites for hydroxylation is 1. The lowest BCUT2D eigenvalue weighted by atomic mass is 10.2. The average Bonchev–Trinajstić information content (AvgIpc) is 2.50. The van der Waals surface area contributed by atoms with Crippen LogP contribution in [0.3, 0.4) is 0 Å². The van der Waals surface area contributed by atoms with Gasteiger partial charge in [0.2, 0.25) is 5.91 Å². The standard InChI is InChI=1S/C15H25N5O/c1-3-14-17-6-5-13(18-14)11-19-7-9-20(10-8-19)12-15(21)16-4-2/h5-6H,3-4,7-12H2,1-2H3,(H,16,21). The molecule has 0 atom stereocenters. The van der Waals surface area contributed by atoms with Crippen molar-refractivity contribution >= 4 is 5.91 Å². The van der Waals surface area contributed by atoms with Crippen molar-refractivity contribution in [1.82, 2.24) is 25.1 Å². The van der Waals surface area contributed by atoms with Crippen LogP contribution in [0.1, 0.15) is 25.4 Å². The van der Waals surface area contributed by atoms with Crippen LogP contribution in [0.5, 0.6) is 0 Å². The molecule has 1 N–H and O–H groups in total. The van der Waals surface area contributed by atoms with E-state index in [2.05, 4.69) is 32.0 Å². The lowest BCUT2D eigenvalue weighted by Gasteiger charge is -2.34. The van der Waals surface area contributed by atoms with E-state index in [0.717, 1.165) is 50.7 Å². The molecule has 1 saturated heterocycles. The second-order valence-electron chi connectivity index (χ2n) is 5.32. The Bertz CT molecular complexity index is 457. The van der Waals surface area contributed by atoms with Gasteiger partial charge in [0, 0.05) is 51.9 Å². The largest absolute Gasteiger partial charge is 0.355 e. The zero-order valence-electron chi connectivity index (χ0n) is 13.0. The third-order valence-corrected chi connectivity index (χ3v) is 3.67. The fourth-order valence-electron chi connectivity index (χ4n) is 2.49. The molecule has 2 heterocycles. The van der Waals surface area contributed by atoms with Gasteiger partial charge in [0.25, 0.3) is 0 Å². The summed E-state index contributed by atoms with van der Waals surface area (Å²) in [6, 6.07) is 1.99. The first-order chi connectivity index (χ1) is 10.2. The molecule has 0 spiro atoms. The van der Waals surface area contributed by atoms with Gasteiger partial charge in [-0.15, -0.1) is 0 Å². The fraction of sp³-hybridized carbons (Fsp3) is 0.667. The molecule has 0 aliphatic carbocycles. The van der Waals surface area contributed by atoms with Crippen LogP contribution in [0, 0.1) is 0 Å². The Hall–Kier alpha value is -1.53. The number of nitrogens with zero attached hydrogens (tertiary/aromatic N) is 4. The summed E-state index contributed by atoms with van der Waals surface area (Å²) in [6.07, 6.45) is 2.71. The highest BCUT2D eigenvalue weighted by Crippen LogP contribution is 2.07. The highest BCUT2D eigenvalue weighted by Gasteiger charge is 2.19. The summed E-state index contributed by atoms with van der Waals surface area (Å²) in [5.41, 5.74) is 1.08. The molecule has 1 aliphatic rings. The van der Waals surface area contributed by atoms with Crippen molar-refractivity contribution in [3.8, 4) is 0 Å². The minimum Gasteiger partial charge on any atom is -0.355 e. The summed E-state index contributed by atoms with van der Waals surface area (Å²) >= 11 is 0. The second kappa shape index (κ2) is 8.05. The van der Waals surface area contributed by atoms with Crippen molar-refractivity contribution in [1.29, 1.82) is 0 Å². The minimum absolute atomic E-state index is 0.120. The first-order valence-electron chi connectivity index (χ1n) is 7.73. The van der Waals surface area contributed by atoms with E-state index in [-0.39, 0.29) is 5.91 Å². The SMILES string of the molecule is CCNC(=O)CN1CCN(Cc2ccnc(CC)n2)CC1. The molecular weight excluding hydrogens is 266 g/mol. The Kier molecular flexibility index (Phi) is 6.07. The lowest BCUT2D eigenvalue weighted by molar-refractivity contribution is -0.122. The molecule has 0 saturated carbocycles. The number of carbonyl (C=O) groups is 1. The Balaban J connectivity index is 1.77. The molecule has 1 aliphatic heterocycles. The van der Waals surface area contributed by atoms with Crippen LogP contribution in [0.2, 0.25) is 0 Å². The highest BCUT2D eigenvalue weighted by molar-refractivity contribution is 5.77. The zero-order chi connectivity index (χ0) is 15.1. The lowest BCUT2D eigenvalue weighted by Crippen LogP contribution is -2.49. The summed E-state index contributed by atoms with van der Waals surface area (Å²) in [5.74, 6) is 1.02. The predicted octanol–water partition coefficient (Wildman–Crippen LogP) is 0.293. The normalized spacial score (nSPS) is 16.9. The van der Waals surface area contributed by atoms with Crippen molar-refractivity contribution < 1.29 is 4.79 Å². The Morgan fingerprint density at radius 3 is 2.62 bits per heavy atom. The molecule has 2 rings (SSSR count). The molecule has 116 valence electrons. The van der Waals surface area contributed by atoms with Crippen LogP contribution in [0.15, 0.2) is 12.3 Å². The summed E-state index contributed by atoms with van der Waals surface area (Å²) in [6.45, 7) is 9.91. The zero-order valence-corrected chi connectivity index (χ0v) is 13.0. The van der Waals surface area contributed by atoms with E-state index in [1.54, 1.807) is 0 Å². The van der Waals surface area contributed by atoms with E-state index in [9.17, 15) is 4.79 Å². The fourth-order valence-corrected chi connectivity index (χ4v) is 2.49. The van der Waals surface area contributed by atoms with Gasteiger partial charge in [0.15, 0.2) is 0 Å². The Labute approximate surface area is 126 Å². The van der Waals surface area contributed by atoms with Gasteiger partial charge in [0.1, 0.15) is 5.82 Å². The molecular formula is C15H25N5O. The van der Waals surface area contributed by atoms with E-state index < -0.39 is 0 Å². The molecule has 6 heteroatoms. The third kappa shape index (κ3) is 5.06. The second-order valence-corrected chi connectivity index (χ2v) is 5.32. The van der Waals surface area contributed by atoms with Gasteiger partial charge >= 0.3 is 0 Å². The Morgan fingerprint density at radius 1 is 1.24 bits per heavy atom. The first kappa shape index (κ1) is 15.9. The van der Waals surface area contributed by atoms with Gasteiger partial charge in [-0.25, -0.2) is 9.97 Å². The summed E-state index contributed by atoms with van der Waals surface area (Å²) in [4.78, 5) is 24.9. The van der Waals surface area contributed by atoms with Gasteiger partial charge in [-0.3, -0.25) is 14.6 Å². The van der Waals surface area contributed by atoms with Crippen molar-refractivity contribution in [2.45, 2.75) is 26.8 Å². The number of hydrogen-bond acceptors (Lipinski definition) is 5. The van der Waals surface area contributed by atoms with E-state index in [1.165, 1.54) is 0 Å². The number of hydrogen-bond donors (Lipinski definition) is 1. The number of likely N-dealkylation sites (N-methyl/N-ethyl adjacent to an activating group) is 1. The van der Waals surface area contributed by atoms with Crippen LogP contribution in [-0.2, 0) is 17.8 Å². The average molecular weight is 291 g/mol. The van der Waals surface area contributed by atoms with Gasteiger partial charge in [-0.2, -0.15) is 0 Å². The smallest absolute Gasteiger partial charge is 0.234 e. The van der Waals surface area contributed by atoms with Crippen molar-refractivity contribution in [2.75, 3.05) is 39.3 Å². The molecule has 0 unspecified atom stereocenters. The van der Waals surface area contributed by atoms with Crippen LogP contribution < -0.4 is 5.32 Å². The molecule has 1 aromatic heterocycles. The van der Waals surface area contributed by atoms with E-state index in [0.29, 0.717) is 13.1 Å². The van der Waals surface area contributed by atoms with E-state index in [4.69, 9.17) is 0 Å². The quantitative estimate of drug-likeness (QED) is 0.816. The number of carbonyl (C=O) groups excluding carboxylic acids is 1. The molecule has 0 bridgehead atoms. The maximum absolute atomic E-state index is 11.6. The van der Waals surface area contributed by atoms with Crippen molar-refractivity contribution in [3.63, 3.8) is 0 Å². The van der Waals surface area contributed by atoms with Crippen molar-refractivity contribution in [3.05, 3.63) is 23.8 Å². The topological polar surface area (TPSA) is 61.4 Å². The molecule has 21 heavy (non-hydrogen) atoms. The van der Waals surface area contributed by atoms with Gasteiger partial charge in [-0.05, 0) is 13.0 Å². The summed E-state index contributed by atoms with van der Waals surface area (Å²) in [7, 11) is 0. The maximum atomic E-state index is 11.6. The van der Waals surface area contributed by atoms with Crippen molar-refractivity contribution in [2.24, 2.45) is 0 Å². The van der Waals surface area contributed by atoms with Crippen LogP contribution in [-0.4, -0.2) is 64.9 Å². The van der Waals surface area contributed by atoms with E-state index in [1.807, 2.05) is 19.2 Å².